The minimum absolute atomic E-state index is 0.0328. The summed E-state index contributed by atoms with van der Waals surface area (Å²) in [5.41, 5.74) is 1.12. The highest BCUT2D eigenvalue weighted by Gasteiger charge is 2.85. The number of nitrogens with one attached hydrogen (secondary N) is 2. The van der Waals surface area contributed by atoms with Crippen molar-refractivity contribution in [3.8, 4) is 0 Å². The zero-order valence-corrected chi connectivity index (χ0v) is 27.7. The van der Waals surface area contributed by atoms with Gasteiger partial charge in [-0.2, -0.15) is 0 Å². The van der Waals surface area contributed by atoms with E-state index in [1.807, 2.05) is 0 Å². The van der Waals surface area contributed by atoms with Crippen LogP contribution in [0.2, 0.25) is 0 Å². The lowest BCUT2D eigenvalue weighted by Crippen LogP contribution is -2.79. The molecule has 17 heteroatoms. The maximum Gasteiger partial charge on any atom is 0.348 e. The molecule has 17 nitrogen and oxygen atoms in total. The Labute approximate surface area is 280 Å². The number of ether oxygens (including phenoxy) is 5. The average molecular weight is 692 g/mol. The lowest BCUT2D eigenvalue weighted by Gasteiger charge is -2.67. The maximum absolute atomic E-state index is 13.8. The third-order valence-corrected chi connectivity index (χ3v) is 10.7. The number of carbonyl (C=O) groups is 7. The Balaban J connectivity index is 1.51. The van der Waals surface area contributed by atoms with Crippen LogP contribution in [0.1, 0.15) is 40.5 Å². The summed E-state index contributed by atoms with van der Waals surface area (Å²) in [6, 6.07) is 0. The predicted molar refractivity (Wildman–Crippen MR) is 161 cm³/mol. The van der Waals surface area contributed by atoms with Gasteiger partial charge in [-0.05, 0) is 44.1 Å². The first-order chi connectivity index (χ1) is 23.0. The molecule has 10 atom stereocenters. The number of rotatable bonds is 9. The van der Waals surface area contributed by atoms with Gasteiger partial charge in [0, 0.05) is 23.8 Å². The van der Waals surface area contributed by atoms with E-state index in [-0.39, 0.29) is 31.8 Å². The smallest absolute Gasteiger partial charge is 0.348 e. The molecule has 5 rings (SSSR count). The van der Waals surface area contributed by atoms with E-state index >= 15 is 0 Å². The molecule has 0 aromatic carbocycles. The van der Waals surface area contributed by atoms with Gasteiger partial charge in [0.25, 0.3) is 0 Å². The van der Waals surface area contributed by atoms with Gasteiger partial charge in [0.1, 0.15) is 18.8 Å². The summed E-state index contributed by atoms with van der Waals surface area (Å²) in [7, 11) is 1.06. The van der Waals surface area contributed by atoms with Crippen LogP contribution in [0.15, 0.2) is 23.0 Å². The van der Waals surface area contributed by atoms with Crippen molar-refractivity contribution in [2.75, 3.05) is 33.4 Å². The fourth-order valence-electron chi connectivity index (χ4n) is 9.01. The molecule has 1 spiro atoms. The first-order valence-corrected chi connectivity index (χ1v) is 15.8. The summed E-state index contributed by atoms with van der Waals surface area (Å²) >= 11 is 0. The van der Waals surface area contributed by atoms with Gasteiger partial charge in [0.15, 0.2) is 11.5 Å². The van der Waals surface area contributed by atoms with Crippen LogP contribution in [0.5, 0.6) is 0 Å². The molecule has 6 N–H and O–H groups in total. The number of aliphatic hydroxyl groups excluding tert-OH is 2. The van der Waals surface area contributed by atoms with Crippen LogP contribution < -0.4 is 16.4 Å². The van der Waals surface area contributed by atoms with E-state index in [1.54, 1.807) is 27.7 Å². The van der Waals surface area contributed by atoms with Crippen LogP contribution in [0.3, 0.4) is 0 Å². The molecule has 3 aliphatic carbocycles. The number of amides is 2. The first kappa shape index (κ1) is 36.1. The summed E-state index contributed by atoms with van der Waals surface area (Å²) < 4.78 is 28.1. The molecule has 2 heterocycles. The molecule has 2 bridgehead atoms. The number of nitrogens with two attached hydrogens (primary N) is 1. The monoisotopic (exact) mass is 691 g/mol. The highest BCUT2D eigenvalue weighted by molar-refractivity contribution is 5.98. The maximum atomic E-state index is 13.8. The molecule has 5 aliphatic rings. The van der Waals surface area contributed by atoms with Crippen molar-refractivity contribution >= 4 is 41.5 Å². The van der Waals surface area contributed by atoms with Crippen LogP contribution in [-0.4, -0.2) is 115 Å². The number of methoxy groups -OCH3 is 1. The lowest BCUT2D eigenvalue weighted by molar-refractivity contribution is -0.290. The van der Waals surface area contributed by atoms with Crippen molar-refractivity contribution in [1.29, 1.82) is 0 Å². The Morgan fingerprint density at radius 2 is 1.73 bits per heavy atom. The standard InChI is InChI=1S/C32H41N3O14/c1-13(2)6-20(39)48-24-26-31-12-46-32(26,29(44)45-5)27(42)22(41)25(31)30(4)8-16(36)23(14(3)15(30)7-17(31)47-28(24)43)49-21(40)11-35-19(38)10-34-18(37)9-33/h6,15,17,22,24-27,41-42H,7-12,33H2,1-5H3,(H,34,37)(H,35,38)/t15-,17+,22+,24+,25+,26+,27-,30-,31+,32-/m0/s1. The van der Waals surface area contributed by atoms with Crippen molar-refractivity contribution in [2.45, 2.75) is 70.6 Å². The molecule has 0 aromatic heterocycles. The van der Waals surface area contributed by atoms with E-state index in [2.05, 4.69) is 10.6 Å². The van der Waals surface area contributed by atoms with Crippen molar-refractivity contribution in [2.24, 2.45) is 34.3 Å². The average Bonchev–Trinajstić information content (AvgIpc) is 3.34. The Morgan fingerprint density at radius 3 is 2.37 bits per heavy atom. The highest BCUT2D eigenvalue weighted by atomic mass is 16.6. The zero-order chi connectivity index (χ0) is 36.2. The van der Waals surface area contributed by atoms with Crippen molar-refractivity contribution < 1.29 is 67.5 Å². The summed E-state index contributed by atoms with van der Waals surface area (Å²) in [6.45, 7) is 4.86. The number of hydrogen-bond donors (Lipinski definition) is 5. The predicted octanol–water partition coefficient (Wildman–Crippen LogP) is -2.31. The number of carbonyl (C=O) groups excluding carboxylic acids is 7. The largest absolute Gasteiger partial charge is 0.467 e. The molecule has 0 unspecified atom stereocenters. The van der Waals surface area contributed by atoms with E-state index in [4.69, 9.17) is 29.4 Å². The molecular formula is C32H41N3O14. The van der Waals surface area contributed by atoms with Gasteiger partial charge in [-0.25, -0.2) is 19.2 Å². The summed E-state index contributed by atoms with van der Waals surface area (Å²) in [5, 5.41) is 28.1. The Bertz CT molecular complexity index is 1550. The fourth-order valence-corrected chi connectivity index (χ4v) is 9.01. The van der Waals surface area contributed by atoms with E-state index < -0.39 is 113 Å². The Morgan fingerprint density at radius 1 is 1.06 bits per heavy atom. The molecule has 2 saturated heterocycles. The van der Waals surface area contributed by atoms with Crippen molar-refractivity contribution in [3.63, 3.8) is 0 Å². The van der Waals surface area contributed by atoms with Crippen LogP contribution in [-0.2, 0) is 57.2 Å². The fraction of sp³-hybridized carbons (Fsp3) is 0.656. The van der Waals surface area contributed by atoms with Gasteiger partial charge < -0.3 is 50.3 Å². The molecule has 49 heavy (non-hydrogen) atoms. The van der Waals surface area contributed by atoms with Crippen LogP contribution in [0.25, 0.3) is 0 Å². The normalized spacial score (nSPS) is 37.1. The molecular weight excluding hydrogens is 650 g/mol. The number of fused-ring (bicyclic) bond motifs is 2. The van der Waals surface area contributed by atoms with E-state index in [0.29, 0.717) is 11.1 Å². The second-order valence-corrected chi connectivity index (χ2v) is 13.7. The summed E-state index contributed by atoms with van der Waals surface area (Å²) in [4.78, 5) is 89.8. The quantitative estimate of drug-likeness (QED) is 0.0967. The van der Waals surface area contributed by atoms with Gasteiger partial charge in [0.05, 0.1) is 38.8 Å². The van der Waals surface area contributed by atoms with Crippen LogP contribution >= 0.6 is 0 Å². The molecule has 4 fully saturated rings. The number of esters is 4. The third kappa shape index (κ3) is 5.52. The number of allylic oxidation sites excluding steroid dienone is 3. The van der Waals surface area contributed by atoms with Gasteiger partial charge in [0.2, 0.25) is 23.5 Å². The molecule has 0 radical (unpaired) electrons. The third-order valence-electron chi connectivity index (χ3n) is 10.7. The summed E-state index contributed by atoms with van der Waals surface area (Å²) in [5.74, 6) is -9.21. The van der Waals surface area contributed by atoms with E-state index in [9.17, 15) is 43.8 Å². The molecule has 2 aliphatic heterocycles. The lowest BCUT2D eigenvalue weighted by atomic mass is 9.38. The van der Waals surface area contributed by atoms with E-state index in [1.165, 1.54) is 0 Å². The van der Waals surface area contributed by atoms with Crippen LogP contribution in [0, 0.1) is 28.6 Å². The molecule has 2 amide bonds. The van der Waals surface area contributed by atoms with Gasteiger partial charge in [-0.1, -0.05) is 12.5 Å². The molecule has 268 valence electrons. The number of ketones is 1. The second kappa shape index (κ2) is 12.9. The SMILES string of the molecule is COC(=O)[C@@]12OC[C@]34[C@H]([C@@H](O)[C@@H]1O)[C@@]1(C)CC(=O)C(OC(=O)CNC(=O)CNC(=O)CN)=C(C)[C@@H]1C[C@H]3OC(=O)[C@H](OC(=O)C=C(C)C)[C@@H]24. The number of Topliss-reactive ketones (excluding diaryl/α,β-unsaturated/α-hetero) is 1. The topological polar surface area (TPSA) is 256 Å². The summed E-state index contributed by atoms with van der Waals surface area (Å²) in [6.07, 6.45) is -5.61. The Hall–Kier alpha value is -4.19. The van der Waals surface area contributed by atoms with Crippen molar-refractivity contribution in [3.05, 3.63) is 23.0 Å². The zero-order valence-electron chi connectivity index (χ0n) is 27.7. The van der Waals surface area contributed by atoms with Gasteiger partial charge in [-0.15, -0.1) is 0 Å². The van der Waals surface area contributed by atoms with Gasteiger partial charge in [-0.3, -0.25) is 14.4 Å². The number of aliphatic hydroxyl groups is 2. The number of hydrogen-bond acceptors (Lipinski definition) is 15. The first-order valence-electron chi connectivity index (χ1n) is 15.8. The highest BCUT2D eigenvalue weighted by Crippen LogP contribution is 2.72. The van der Waals surface area contributed by atoms with E-state index in [0.717, 1.165) is 13.2 Å². The van der Waals surface area contributed by atoms with Crippen LogP contribution in [0.4, 0.5) is 0 Å². The van der Waals surface area contributed by atoms with Gasteiger partial charge >= 0.3 is 23.9 Å². The van der Waals surface area contributed by atoms with Crippen molar-refractivity contribution in [1.82, 2.24) is 10.6 Å². The minimum atomic E-state index is -2.32. The molecule has 2 saturated carbocycles. The minimum Gasteiger partial charge on any atom is -0.467 e. The molecule has 0 aromatic rings. The second-order valence-electron chi connectivity index (χ2n) is 13.7. The Kier molecular flexibility index (Phi) is 9.52.